The second-order valence-electron chi connectivity index (χ2n) is 6.37. The number of aryl methyl sites for hydroxylation is 1. The fourth-order valence-corrected chi connectivity index (χ4v) is 4.99. The van der Waals surface area contributed by atoms with Gasteiger partial charge in [0.05, 0.1) is 11.7 Å². The molecule has 0 unspecified atom stereocenters. The van der Waals surface area contributed by atoms with Crippen LogP contribution in [0.1, 0.15) is 11.5 Å². The average Bonchev–Trinajstić information content (AvgIpc) is 3.17. The van der Waals surface area contributed by atoms with Gasteiger partial charge in [-0.3, -0.25) is 9.97 Å². The van der Waals surface area contributed by atoms with Gasteiger partial charge in [-0.05, 0) is 23.8 Å². The number of halogens is 1. The molecular formula is C17H20ClN5O2S. The van der Waals surface area contributed by atoms with Gasteiger partial charge in [0.1, 0.15) is 4.90 Å². The maximum Gasteiger partial charge on any atom is 0.244 e. The number of fused-ring (bicyclic) bond motifs is 1. The summed E-state index contributed by atoms with van der Waals surface area (Å²) >= 11 is 0. The summed E-state index contributed by atoms with van der Waals surface area (Å²) in [7, 11) is -1.63. The van der Waals surface area contributed by atoms with Crippen molar-refractivity contribution in [2.75, 3.05) is 13.1 Å². The minimum atomic E-state index is -3.59. The van der Waals surface area contributed by atoms with E-state index in [1.165, 1.54) is 10.5 Å². The lowest BCUT2D eigenvalue weighted by Crippen LogP contribution is -2.32. The van der Waals surface area contributed by atoms with Crippen LogP contribution in [0.15, 0.2) is 54.1 Å². The van der Waals surface area contributed by atoms with Gasteiger partial charge in [0.25, 0.3) is 0 Å². The predicted molar refractivity (Wildman–Crippen MR) is 102 cm³/mol. The van der Waals surface area contributed by atoms with E-state index in [0.717, 1.165) is 16.5 Å². The van der Waals surface area contributed by atoms with E-state index in [9.17, 15) is 8.42 Å². The molecule has 0 amide bonds. The fourth-order valence-electron chi connectivity index (χ4n) is 3.52. The molecule has 0 saturated carbocycles. The molecule has 1 saturated heterocycles. The molecule has 26 heavy (non-hydrogen) atoms. The lowest BCUT2D eigenvalue weighted by atomic mass is 9.95. The van der Waals surface area contributed by atoms with Crippen LogP contribution in [0.5, 0.6) is 0 Å². The van der Waals surface area contributed by atoms with Gasteiger partial charge in [-0.1, -0.05) is 0 Å². The number of aromatic nitrogens is 3. The highest BCUT2D eigenvalue weighted by Gasteiger charge is 2.39. The van der Waals surface area contributed by atoms with Gasteiger partial charge in [0.2, 0.25) is 10.0 Å². The second kappa shape index (κ2) is 6.96. The Bertz CT molecular complexity index is 1020. The standard InChI is InChI=1S/C17H19N5O2S.ClH/c1-21-9-14(13-4-6-20-8-17(13)21)15-10-22(11-16(15)18)25(23,24)12-3-2-5-19-7-12;/h2-9,15-16H,10-11,18H2,1H3;1H/t15-,16+;/m0./s1. The first-order valence-corrected chi connectivity index (χ1v) is 9.47. The maximum absolute atomic E-state index is 12.8. The molecular weight excluding hydrogens is 374 g/mol. The number of hydrogen-bond acceptors (Lipinski definition) is 5. The van der Waals surface area contributed by atoms with E-state index in [-0.39, 0.29) is 29.3 Å². The van der Waals surface area contributed by atoms with Crippen molar-refractivity contribution < 1.29 is 8.42 Å². The molecule has 0 aromatic carbocycles. The van der Waals surface area contributed by atoms with E-state index >= 15 is 0 Å². The topological polar surface area (TPSA) is 94.1 Å². The van der Waals surface area contributed by atoms with Crippen molar-refractivity contribution in [3.05, 3.63) is 54.7 Å². The molecule has 7 nitrogen and oxygen atoms in total. The summed E-state index contributed by atoms with van der Waals surface area (Å²) in [6.07, 6.45) is 8.51. The first-order valence-electron chi connectivity index (χ1n) is 8.03. The number of nitrogens with zero attached hydrogens (tertiary/aromatic N) is 4. The Balaban J connectivity index is 0.00000196. The highest BCUT2D eigenvalue weighted by Crippen LogP contribution is 2.34. The van der Waals surface area contributed by atoms with Crippen molar-refractivity contribution in [3.8, 4) is 0 Å². The number of rotatable bonds is 3. The molecule has 0 bridgehead atoms. The minimum Gasteiger partial charge on any atom is -0.349 e. The number of nitrogens with two attached hydrogens (primary N) is 1. The van der Waals surface area contributed by atoms with Gasteiger partial charge in [-0.15, -0.1) is 12.4 Å². The fraction of sp³-hybridized carbons (Fsp3) is 0.294. The van der Waals surface area contributed by atoms with Gasteiger partial charge >= 0.3 is 0 Å². The summed E-state index contributed by atoms with van der Waals surface area (Å²) in [6.45, 7) is 0.656. The van der Waals surface area contributed by atoms with E-state index in [1.807, 2.05) is 30.1 Å². The molecule has 4 rings (SSSR count). The summed E-state index contributed by atoms with van der Waals surface area (Å²) in [5.74, 6) is -0.0578. The Kier molecular flexibility index (Phi) is 5.03. The van der Waals surface area contributed by atoms with Crippen molar-refractivity contribution in [1.29, 1.82) is 0 Å². The molecule has 1 fully saturated rings. The lowest BCUT2D eigenvalue weighted by molar-refractivity contribution is 0.470. The predicted octanol–water partition coefficient (Wildman–Crippen LogP) is 1.51. The van der Waals surface area contributed by atoms with E-state index in [2.05, 4.69) is 9.97 Å². The van der Waals surface area contributed by atoms with Crippen molar-refractivity contribution in [3.63, 3.8) is 0 Å². The summed E-state index contributed by atoms with van der Waals surface area (Å²) in [6, 6.07) is 4.88. The van der Waals surface area contributed by atoms with Crippen LogP contribution in [0.25, 0.3) is 10.9 Å². The largest absolute Gasteiger partial charge is 0.349 e. The van der Waals surface area contributed by atoms with Crippen LogP contribution in [0.2, 0.25) is 0 Å². The molecule has 4 heterocycles. The first-order chi connectivity index (χ1) is 12.0. The second-order valence-corrected chi connectivity index (χ2v) is 8.31. The first kappa shape index (κ1) is 18.8. The van der Waals surface area contributed by atoms with E-state index < -0.39 is 10.0 Å². The normalized spacial score (nSPS) is 21.0. The van der Waals surface area contributed by atoms with Gasteiger partial charge in [0.15, 0.2) is 0 Å². The third kappa shape index (κ3) is 2.99. The molecule has 9 heteroatoms. The average molecular weight is 394 g/mol. The number of pyridine rings is 2. The molecule has 0 aliphatic carbocycles. The zero-order valence-electron chi connectivity index (χ0n) is 14.2. The lowest BCUT2D eigenvalue weighted by Gasteiger charge is -2.16. The Morgan fingerprint density at radius 3 is 2.65 bits per heavy atom. The Morgan fingerprint density at radius 1 is 1.15 bits per heavy atom. The third-order valence-electron chi connectivity index (χ3n) is 4.83. The Hall–Kier alpha value is -2.00. The van der Waals surface area contributed by atoms with Crippen molar-refractivity contribution in [2.24, 2.45) is 12.8 Å². The number of hydrogen-bond donors (Lipinski definition) is 1. The molecule has 3 aromatic rings. The Morgan fingerprint density at radius 2 is 1.92 bits per heavy atom. The molecule has 2 atom stereocenters. The van der Waals surface area contributed by atoms with Crippen molar-refractivity contribution in [2.45, 2.75) is 16.9 Å². The zero-order chi connectivity index (χ0) is 17.6. The highest BCUT2D eigenvalue weighted by molar-refractivity contribution is 7.89. The highest BCUT2D eigenvalue weighted by atomic mass is 35.5. The summed E-state index contributed by atoms with van der Waals surface area (Å²) in [5, 5.41) is 1.07. The van der Waals surface area contributed by atoms with Crippen molar-refractivity contribution >= 4 is 33.3 Å². The van der Waals surface area contributed by atoms with Crippen LogP contribution in [-0.2, 0) is 17.1 Å². The number of sulfonamides is 1. The van der Waals surface area contributed by atoms with E-state index in [0.29, 0.717) is 13.1 Å². The van der Waals surface area contributed by atoms with E-state index in [4.69, 9.17) is 5.73 Å². The minimum absolute atomic E-state index is 0. The van der Waals surface area contributed by atoms with Gasteiger partial charge < -0.3 is 10.3 Å². The van der Waals surface area contributed by atoms with Crippen molar-refractivity contribution in [1.82, 2.24) is 18.8 Å². The van der Waals surface area contributed by atoms with Crippen LogP contribution < -0.4 is 5.73 Å². The van der Waals surface area contributed by atoms with Crippen LogP contribution in [0.3, 0.4) is 0 Å². The molecule has 3 aromatic heterocycles. The third-order valence-corrected chi connectivity index (χ3v) is 6.64. The van der Waals surface area contributed by atoms with Crippen LogP contribution >= 0.6 is 12.4 Å². The van der Waals surface area contributed by atoms with Crippen LogP contribution in [0, 0.1) is 0 Å². The quantitative estimate of drug-likeness (QED) is 0.727. The van der Waals surface area contributed by atoms with Gasteiger partial charge in [0, 0.05) is 62.3 Å². The van der Waals surface area contributed by atoms with E-state index in [1.54, 1.807) is 24.5 Å². The Labute approximate surface area is 158 Å². The summed E-state index contributed by atoms with van der Waals surface area (Å²) in [5.41, 5.74) is 8.41. The van der Waals surface area contributed by atoms with Gasteiger partial charge in [-0.2, -0.15) is 4.31 Å². The molecule has 0 spiro atoms. The molecule has 1 aliphatic heterocycles. The zero-order valence-corrected chi connectivity index (χ0v) is 15.8. The SMILES string of the molecule is Cl.Cn1cc([C@@H]2CN(S(=O)(=O)c3cccnc3)C[C@H]2N)c2ccncc21. The molecule has 1 aliphatic rings. The maximum atomic E-state index is 12.8. The summed E-state index contributed by atoms with van der Waals surface area (Å²) in [4.78, 5) is 8.28. The van der Waals surface area contributed by atoms with Crippen LogP contribution in [0.4, 0.5) is 0 Å². The molecule has 138 valence electrons. The molecule has 2 N–H and O–H groups in total. The molecule has 0 radical (unpaired) electrons. The smallest absolute Gasteiger partial charge is 0.244 e. The summed E-state index contributed by atoms with van der Waals surface area (Å²) < 4.78 is 29.1. The van der Waals surface area contributed by atoms with Gasteiger partial charge in [-0.25, -0.2) is 8.42 Å². The monoisotopic (exact) mass is 393 g/mol. The van der Waals surface area contributed by atoms with Crippen LogP contribution in [-0.4, -0.2) is 46.4 Å².